The number of anilines is 1. The van der Waals surface area contributed by atoms with Gasteiger partial charge in [-0.05, 0) is 98.8 Å². The molecule has 11 heteroatoms. The van der Waals surface area contributed by atoms with Gasteiger partial charge in [-0.25, -0.2) is 8.42 Å². The van der Waals surface area contributed by atoms with Crippen molar-refractivity contribution in [2.45, 2.75) is 71.0 Å². The van der Waals surface area contributed by atoms with E-state index in [2.05, 4.69) is 5.32 Å². The summed E-state index contributed by atoms with van der Waals surface area (Å²) in [6.45, 7) is 8.91. The van der Waals surface area contributed by atoms with Crippen LogP contribution in [0.15, 0.2) is 65.6 Å². The number of halogens is 3. The molecule has 0 unspecified atom stereocenters. The number of nitrogens with one attached hydrogen (secondary N) is 1. The lowest BCUT2D eigenvalue weighted by Gasteiger charge is -2.34. The molecule has 3 rings (SSSR count). The maximum absolute atomic E-state index is 14.2. The van der Waals surface area contributed by atoms with Gasteiger partial charge < -0.3 is 10.2 Å². The fourth-order valence-corrected chi connectivity index (χ4v) is 6.19. The van der Waals surface area contributed by atoms with Crippen molar-refractivity contribution in [1.29, 1.82) is 0 Å². The summed E-state index contributed by atoms with van der Waals surface area (Å²) >= 11 is 18.4. The smallest absolute Gasteiger partial charge is 0.264 e. The third kappa shape index (κ3) is 8.19. The van der Waals surface area contributed by atoms with Crippen LogP contribution in [0.25, 0.3) is 0 Å². The average Bonchev–Trinajstić information content (AvgIpc) is 2.95. The van der Waals surface area contributed by atoms with Gasteiger partial charge in [-0.1, -0.05) is 60.8 Å². The second kappa shape index (κ2) is 14.6. The van der Waals surface area contributed by atoms with Gasteiger partial charge in [0.1, 0.15) is 12.6 Å². The van der Waals surface area contributed by atoms with E-state index >= 15 is 0 Å². The molecule has 0 aliphatic rings. The Balaban J connectivity index is 2.10. The fourth-order valence-electron chi connectivity index (χ4n) is 4.34. The van der Waals surface area contributed by atoms with E-state index in [-0.39, 0.29) is 23.4 Å². The first-order valence-corrected chi connectivity index (χ1v) is 16.2. The first kappa shape index (κ1) is 33.7. The quantitative estimate of drug-likeness (QED) is 0.225. The summed E-state index contributed by atoms with van der Waals surface area (Å²) in [6, 6.07) is 15.0. The molecule has 0 heterocycles. The van der Waals surface area contributed by atoms with Gasteiger partial charge in [-0.15, -0.1) is 0 Å². The Bertz CT molecular complexity index is 1530. The number of carbonyl (C=O) groups is 2. The molecule has 0 aliphatic heterocycles. The minimum atomic E-state index is -4.20. The van der Waals surface area contributed by atoms with Crippen molar-refractivity contribution in [1.82, 2.24) is 10.2 Å². The second-order valence-corrected chi connectivity index (χ2v) is 13.4. The molecule has 2 atom stereocenters. The van der Waals surface area contributed by atoms with E-state index in [1.807, 2.05) is 34.6 Å². The van der Waals surface area contributed by atoms with Crippen LogP contribution in [0.3, 0.4) is 0 Å². The minimum Gasteiger partial charge on any atom is -0.352 e. The molecule has 42 heavy (non-hydrogen) atoms. The molecule has 3 aromatic carbocycles. The Morgan fingerprint density at radius 2 is 1.52 bits per heavy atom. The monoisotopic (exact) mass is 651 g/mol. The molecule has 1 N–H and O–H groups in total. The van der Waals surface area contributed by atoms with Gasteiger partial charge in [-0.3, -0.25) is 13.9 Å². The third-order valence-corrected chi connectivity index (χ3v) is 9.96. The molecule has 2 amide bonds. The van der Waals surface area contributed by atoms with E-state index in [9.17, 15) is 18.0 Å². The highest BCUT2D eigenvalue weighted by atomic mass is 35.5. The van der Waals surface area contributed by atoms with E-state index in [0.29, 0.717) is 39.2 Å². The molecule has 0 fully saturated rings. The number of hydrogen-bond acceptors (Lipinski definition) is 4. The molecule has 7 nitrogen and oxygen atoms in total. The number of sulfonamides is 1. The lowest BCUT2D eigenvalue weighted by molar-refractivity contribution is -0.140. The molecule has 0 radical (unpaired) electrons. The lowest BCUT2D eigenvalue weighted by atomic mass is 10.1. The van der Waals surface area contributed by atoms with Crippen molar-refractivity contribution in [3.05, 3.63) is 92.4 Å². The highest BCUT2D eigenvalue weighted by Crippen LogP contribution is 2.28. The van der Waals surface area contributed by atoms with Gasteiger partial charge in [-0.2, -0.15) is 0 Å². The van der Waals surface area contributed by atoms with Crippen LogP contribution < -0.4 is 9.62 Å². The number of hydrogen-bond donors (Lipinski definition) is 1. The van der Waals surface area contributed by atoms with Crippen LogP contribution in [0.4, 0.5) is 5.69 Å². The Morgan fingerprint density at radius 1 is 0.857 bits per heavy atom. The molecular formula is C31H36Cl3N3O4S. The maximum Gasteiger partial charge on any atom is 0.264 e. The largest absolute Gasteiger partial charge is 0.352 e. The number of amides is 2. The van der Waals surface area contributed by atoms with Gasteiger partial charge in [0.2, 0.25) is 11.8 Å². The molecule has 0 aliphatic carbocycles. The van der Waals surface area contributed by atoms with Gasteiger partial charge in [0.15, 0.2) is 0 Å². The van der Waals surface area contributed by atoms with Gasteiger partial charge in [0.25, 0.3) is 10.0 Å². The highest BCUT2D eigenvalue weighted by molar-refractivity contribution is 7.92. The molecule has 0 bridgehead atoms. The summed E-state index contributed by atoms with van der Waals surface area (Å²) in [4.78, 5) is 29.0. The summed E-state index contributed by atoms with van der Waals surface area (Å²) in [5, 5.41) is 4.00. The SMILES string of the molecule is CC[C@H](C)NC(=O)[C@H](CC)N(Cc1ccc(Cl)c(Cl)c1)C(=O)CN(c1ccc(C)c(C)c1)S(=O)(=O)c1ccc(Cl)cc1. The molecule has 0 aromatic heterocycles. The van der Waals surface area contributed by atoms with E-state index in [1.165, 1.54) is 29.2 Å². The number of rotatable bonds is 12. The van der Waals surface area contributed by atoms with Crippen molar-refractivity contribution >= 4 is 62.3 Å². The van der Waals surface area contributed by atoms with Crippen LogP contribution >= 0.6 is 34.8 Å². The van der Waals surface area contributed by atoms with Gasteiger partial charge in [0.05, 0.1) is 20.6 Å². The van der Waals surface area contributed by atoms with Crippen molar-refractivity contribution in [3.8, 4) is 0 Å². The van der Waals surface area contributed by atoms with Crippen LogP contribution in [0.1, 0.15) is 50.3 Å². The predicted molar refractivity (Wildman–Crippen MR) is 171 cm³/mol. The van der Waals surface area contributed by atoms with Gasteiger partial charge in [0, 0.05) is 17.6 Å². The third-order valence-electron chi connectivity index (χ3n) is 7.18. The second-order valence-electron chi connectivity index (χ2n) is 10.2. The fraction of sp³-hybridized carbons (Fsp3) is 0.355. The van der Waals surface area contributed by atoms with E-state index < -0.39 is 28.5 Å². The van der Waals surface area contributed by atoms with Crippen LogP contribution in [-0.4, -0.2) is 43.8 Å². The lowest BCUT2D eigenvalue weighted by Crippen LogP contribution is -2.53. The zero-order valence-electron chi connectivity index (χ0n) is 24.3. The van der Waals surface area contributed by atoms with Crippen LogP contribution in [-0.2, 0) is 26.2 Å². The van der Waals surface area contributed by atoms with Crippen molar-refractivity contribution in [2.75, 3.05) is 10.8 Å². The zero-order chi connectivity index (χ0) is 31.2. The molecular weight excluding hydrogens is 617 g/mol. The van der Waals surface area contributed by atoms with E-state index in [4.69, 9.17) is 34.8 Å². The average molecular weight is 653 g/mol. The topological polar surface area (TPSA) is 86.8 Å². The maximum atomic E-state index is 14.2. The molecule has 0 saturated heterocycles. The van der Waals surface area contributed by atoms with Crippen molar-refractivity contribution < 1.29 is 18.0 Å². The van der Waals surface area contributed by atoms with Crippen molar-refractivity contribution in [2.24, 2.45) is 0 Å². The Kier molecular flexibility index (Phi) is 11.7. The van der Waals surface area contributed by atoms with E-state index in [1.54, 1.807) is 36.4 Å². The summed E-state index contributed by atoms with van der Waals surface area (Å²) in [5.41, 5.74) is 2.81. The van der Waals surface area contributed by atoms with E-state index in [0.717, 1.165) is 15.4 Å². The first-order valence-electron chi connectivity index (χ1n) is 13.7. The normalized spacial score (nSPS) is 12.9. The Hall–Kier alpha value is -2.78. The molecule has 0 saturated carbocycles. The predicted octanol–water partition coefficient (Wildman–Crippen LogP) is 7.18. The standard InChI is InChI=1S/C31H36Cl3N3O4S/c1-6-22(5)35-31(39)29(7-2)36(18-23-9-15-27(33)28(34)17-23)30(38)19-37(25-12-8-20(3)21(4)16-25)42(40,41)26-13-10-24(32)11-14-26/h8-17,22,29H,6-7,18-19H2,1-5H3,(H,35,39)/t22-,29-/m0/s1. The number of carbonyl (C=O) groups excluding carboxylic acids is 2. The summed E-state index contributed by atoms with van der Waals surface area (Å²) in [7, 11) is -4.20. The molecule has 226 valence electrons. The summed E-state index contributed by atoms with van der Waals surface area (Å²) in [5.74, 6) is -0.874. The minimum absolute atomic E-state index is 0.0178. The van der Waals surface area contributed by atoms with Crippen molar-refractivity contribution in [3.63, 3.8) is 0 Å². The number of aryl methyl sites for hydroxylation is 2. The summed E-state index contributed by atoms with van der Waals surface area (Å²) < 4.78 is 29.1. The first-order chi connectivity index (χ1) is 19.8. The van der Waals surface area contributed by atoms with Gasteiger partial charge >= 0.3 is 0 Å². The highest BCUT2D eigenvalue weighted by Gasteiger charge is 2.34. The molecule has 0 spiro atoms. The Morgan fingerprint density at radius 3 is 2.10 bits per heavy atom. The van der Waals surface area contributed by atoms with Crippen LogP contribution in [0.5, 0.6) is 0 Å². The zero-order valence-corrected chi connectivity index (χ0v) is 27.4. The number of benzene rings is 3. The summed E-state index contributed by atoms with van der Waals surface area (Å²) in [6.07, 6.45) is 1.02. The molecule has 3 aromatic rings. The van der Waals surface area contributed by atoms with Crippen LogP contribution in [0, 0.1) is 13.8 Å². The van der Waals surface area contributed by atoms with Crippen LogP contribution in [0.2, 0.25) is 15.1 Å². The Labute approximate surface area is 263 Å². The number of nitrogens with zero attached hydrogens (tertiary/aromatic N) is 2.